The molecule has 30 heavy (non-hydrogen) atoms. The minimum absolute atomic E-state index is 0.460. The largest absolute Gasteiger partial charge is 0.488 e. The fraction of sp³-hybridized carbons (Fsp3) is 0.0800. The first-order valence-corrected chi connectivity index (χ1v) is 10.3. The lowest BCUT2D eigenvalue weighted by atomic mass is 10.1. The Hall–Kier alpha value is -3.01. The molecule has 0 amide bonds. The van der Waals surface area contributed by atoms with E-state index in [1.807, 2.05) is 60.7 Å². The first kappa shape index (κ1) is 20.3. The molecule has 0 saturated carbocycles. The van der Waals surface area contributed by atoms with Gasteiger partial charge in [0.2, 0.25) is 0 Å². The maximum absolute atomic E-state index is 6.19. The van der Waals surface area contributed by atoms with E-state index in [0.717, 1.165) is 22.4 Å². The molecule has 0 aliphatic carbocycles. The maximum Gasteiger partial charge on any atom is 0.128 e. The normalized spacial score (nSPS) is 11.1. The number of hydrogen-bond acceptors (Lipinski definition) is 3. The van der Waals surface area contributed by atoms with Gasteiger partial charge in [-0.3, -0.25) is 0 Å². The van der Waals surface area contributed by atoms with Gasteiger partial charge < -0.3 is 10.2 Å². The van der Waals surface area contributed by atoms with Crippen LogP contribution in [-0.2, 0) is 13.2 Å². The van der Waals surface area contributed by atoms with Gasteiger partial charge in [-0.1, -0.05) is 77.8 Å². The van der Waals surface area contributed by atoms with E-state index in [4.69, 9.17) is 27.9 Å². The Labute approximate surface area is 185 Å². The fourth-order valence-corrected chi connectivity index (χ4v) is 3.49. The van der Waals surface area contributed by atoms with Gasteiger partial charge in [0, 0.05) is 15.6 Å². The van der Waals surface area contributed by atoms with Crippen molar-refractivity contribution in [1.29, 1.82) is 0 Å². The number of rotatable bonds is 7. The van der Waals surface area contributed by atoms with E-state index in [2.05, 4.69) is 34.8 Å². The molecule has 150 valence electrons. The smallest absolute Gasteiger partial charge is 0.128 e. The van der Waals surface area contributed by atoms with E-state index in [9.17, 15) is 0 Å². The van der Waals surface area contributed by atoms with Crippen LogP contribution in [0.5, 0.6) is 5.75 Å². The van der Waals surface area contributed by atoms with Crippen molar-refractivity contribution in [2.75, 3.05) is 0 Å². The Morgan fingerprint density at radius 2 is 1.60 bits per heavy atom. The zero-order valence-corrected chi connectivity index (χ0v) is 17.7. The Morgan fingerprint density at radius 1 is 0.833 bits per heavy atom. The number of nitrogens with one attached hydrogen (secondary N) is 1. The van der Waals surface area contributed by atoms with Crippen LogP contribution in [-0.4, -0.2) is 6.21 Å². The van der Waals surface area contributed by atoms with Gasteiger partial charge in [-0.15, -0.1) is 0 Å². The third-order valence-corrected chi connectivity index (χ3v) is 5.21. The molecule has 0 radical (unpaired) electrons. The molecule has 4 aromatic rings. The highest BCUT2D eigenvalue weighted by molar-refractivity contribution is 6.31. The molecule has 0 atom stereocenters. The summed E-state index contributed by atoms with van der Waals surface area (Å²) in [5.74, 6) is 0.726. The SMILES string of the molecule is Clc1ccc(CN/N=C\c2cc(Cl)ccc2OCc2cccc3ccccc23)cc1. The minimum Gasteiger partial charge on any atom is -0.488 e. The van der Waals surface area contributed by atoms with Crippen molar-refractivity contribution in [3.63, 3.8) is 0 Å². The number of benzene rings is 4. The number of ether oxygens (including phenoxy) is 1. The lowest BCUT2D eigenvalue weighted by molar-refractivity contribution is 0.307. The van der Waals surface area contributed by atoms with Crippen LogP contribution in [0.15, 0.2) is 90.0 Å². The van der Waals surface area contributed by atoms with Crippen LogP contribution in [0, 0.1) is 0 Å². The summed E-state index contributed by atoms with van der Waals surface area (Å²) in [4.78, 5) is 0. The number of hydrogen-bond donors (Lipinski definition) is 1. The van der Waals surface area contributed by atoms with Crippen molar-refractivity contribution in [1.82, 2.24) is 5.43 Å². The maximum atomic E-state index is 6.19. The molecule has 4 rings (SSSR count). The van der Waals surface area contributed by atoms with E-state index >= 15 is 0 Å². The fourth-order valence-electron chi connectivity index (χ4n) is 3.18. The second-order valence-electron chi connectivity index (χ2n) is 6.83. The van der Waals surface area contributed by atoms with Crippen molar-refractivity contribution >= 4 is 40.2 Å². The average molecular weight is 435 g/mol. The monoisotopic (exact) mass is 434 g/mol. The number of fused-ring (bicyclic) bond motifs is 1. The predicted molar refractivity (Wildman–Crippen MR) is 126 cm³/mol. The zero-order valence-electron chi connectivity index (χ0n) is 16.2. The van der Waals surface area contributed by atoms with Gasteiger partial charge in [-0.2, -0.15) is 5.10 Å². The molecule has 0 heterocycles. The van der Waals surface area contributed by atoms with Crippen LogP contribution in [0.1, 0.15) is 16.7 Å². The third-order valence-electron chi connectivity index (χ3n) is 4.73. The molecule has 0 unspecified atom stereocenters. The van der Waals surface area contributed by atoms with Crippen LogP contribution in [0.2, 0.25) is 10.0 Å². The van der Waals surface area contributed by atoms with E-state index in [0.29, 0.717) is 23.2 Å². The van der Waals surface area contributed by atoms with Crippen LogP contribution in [0.4, 0.5) is 0 Å². The van der Waals surface area contributed by atoms with Crippen molar-refractivity contribution in [2.45, 2.75) is 13.2 Å². The number of nitrogens with zero attached hydrogens (tertiary/aromatic N) is 1. The van der Waals surface area contributed by atoms with Gasteiger partial charge >= 0.3 is 0 Å². The summed E-state index contributed by atoms with van der Waals surface area (Å²) in [5, 5.41) is 8.05. The molecule has 0 aliphatic rings. The van der Waals surface area contributed by atoms with Crippen LogP contribution >= 0.6 is 23.2 Å². The number of hydrazone groups is 1. The van der Waals surface area contributed by atoms with Crippen molar-refractivity contribution in [3.8, 4) is 5.75 Å². The van der Waals surface area contributed by atoms with Crippen LogP contribution in [0.3, 0.4) is 0 Å². The molecule has 4 aromatic carbocycles. The molecule has 0 fully saturated rings. The topological polar surface area (TPSA) is 33.6 Å². The molecule has 0 spiro atoms. The van der Waals surface area contributed by atoms with E-state index in [-0.39, 0.29) is 0 Å². The second-order valence-corrected chi connectivity index (χ2v) is 7.70. The second kappa shape index (κ2) is 9.66. The average Bonchev–Trinajstić information content (AvgIpc) is 2.77. The minimum atomic E-state index is 0.460. The molecule has 1 N–H and O–H groups in total. The molecular formula is C25H20Cl2N2O. The predicted octanol–water partition coefficient (Wildman–Crippen LogP) is 6.85. The Morgan fingerprint density at radius 3 is 2.47 bits per heavy atom. The zero-order chi connectivity index (χ0) is 20.8. The Balaban J connectivity index is 1.45. The van der Waals surface area contributed by atoms with Crippen molar-refractivity contribution < 1.29 is 4.74 Å². The van der Waals surface area contributed by atoms with Gasteiger partial charge in [0.25, 0.3) is 0 Å². The molecule has 0 saturated heterocycles. The first-order valence-electron chi connectivity index (χ1n) is 9.58. The van der Waals surface area contributed by atoms with Gasteiger partial charge in [0.05, 0.1) is 12.8 Å². The van der Waals surface area contributed by atoms with Crippen LogP contribution < -0.4 is 10.2 Å². The van der Waals surface area contributed by atoms with Gasteiger partial charge in [0.1, 0.15) is 12.4 Å². The van der Waals surface area contributed by atoms with E-state index in [1.54, 1.807) is 6.21 Å². The Kier molecular flexibility index (Phi) is 6.53. The lowest BCUT2D eigenvalue weighted by Crippen LogP contribution is -2.06. The molecule has 0 bridgehead atoms. The highest BCUT2D eigenvalue weighted by Crippen LogP contribution is 2.24. The molecular weight excluding hydrogens is 415 g/mol. The summed E-state index contributed by atoms with van der Waals surface area (Å²) < 4.78 is 6.12. The molecule has 0 aliphatic heterocycles. The van der Waals surface area contributed by atoms with Gasteiger partial charge in [0.15, 0.2) is 0 Å². The molecule has 5 heteroatoms. The summed E-state index contributed by atoms with van der Waals surface area (Å²) in [6.45, 7) is 1.06. The highest BCUT2D eigenvalue weighted by Gasteiger charge is 2.06. The lowest BCUT2D eigenvalue weighted by Gasteiger charge is -2.11. The first-order chi connectivity index (χ1) is 14.7. The van der Waals surface area contributed by atoms with Crippen molar-refractivity contribution in [3.05, 3.63) is 112 Å². The summed E-state index contributed by atoms with van der Waals surface area (Å²) in [5.41, 5.74) is 6.08. The molecule has 0 aromatic heterocycles. The van der Waals surface area contributed by atoms with Crippen LogP contribution in [0.25, 0.3) is 10.8 Å². The third kappa shape index (κ3) is 5.12. The van der Waals surface area contributed by atoms with Gasteiger partial charge in [-0.25, -0.2) is 0 Å². The van der Waals surface area contributed by atoms with E-state index < -0.39 is 0 Å². The summed E-state index contributed by atoms with van der Waals surface area (Å²) in [7, 11) is 0. The molecule has 3 nitrogen and oxygen atoms in total. The number of halogens is 2. The van der Waals surface area contributed by atoms with Gasteiger partial charge in [-0.05, 0) is 52.2 Å². The summed E-state index contributed by atoms with van der Waals surface area (Å²) in [6.07, 6.45) is 1.72. The summed E-state index contributed by atoms with van der Waals surface area (Å²) in [6, 6.07) is 27.7. The summed E-state index contributed by atoms with van der Waals surface area (Å²) >= 11 is 12.1. The standard InChI is InChI=1S/C25H20Cl2N2O/c26-22-10-8-18(9-11-22)15-28-29-16-21-14-23(27)12-13-25(21)30-17-20-6-3-5-19-4-1-2-7-24(19)20/h1-14,16,28H,15,17H2/b29-16-. The van der Waals surface area contributed by atoms with Crippen molar-refractivity contribution in [2.24, 2.45) is 5.10 Å². The van der Waals surface area contributed by atoms with E-state index in [1.165, 1.54) is 10.8 Å². The highest BCUT2D eigenvalue weighted by atomic mass is 35.5. The quantitative estimate of drug-likeness (QED) is 0.254. The Bertz CT molecular complexity index is 1170.